The van der Waals surface area contributed by atoms with E-state index in [1.54, 1.807) is 0 Å². The second kappa shape index (κ2) is 14.0. The van der Waals surface area contributed by atoms with Gasteiger partial charge in [-0.05, 0) is 22.6 Å². The molecular weight excluding hydrogens is 523 g/mol. The average Bonchev–Trinajstić information content (AvgIpc) is 3.61. The Kier molecular flexibility index (Phi) is 9.68. The number of nitrogens with zero attached hydrogens (tertiary/aromatic N) is 2. The molecule has 0 bridgehead atoms. The van der Waals surface area contributed by atoms with E-state index in [9.17, 15) is 0 Å². The van der Waals surface area contributed by atoms with Gasteiger partial charge in [0.15, 0.2) is 0 Å². The van der Waals surface area contributed by atoms with Gasteiger partial charge in [-0.15, -0.1) is 0 Å². The van der Waals surface area contributed by atoms with E-state index in [4.69, 9.17) is 0 Å². The molecule has 2 nitrogen and oxygen atoms in total. The molecule has 6 rings (SSSR count). The monoisotopic (exact) mass is 560 g/mol. The first-order valence-corrected chi connectivity index (χ1v) is 15.7. The lowest BCUT2D eigenvalue weighted by molar-refractivity contribution is 0.596. The molecule has 0 amide bonds. The highest BCUT2D eigenvalue weighted by atomic mass is 28.2. The van der Waals surface area contributed by atoms with Gasteiger partial charge < -0.3 is 4.57 Å². The van der Waals surface area contributed by atoms with Crippen LogP contribution in [0.25, 0.3) is 0 Å². The molecule has 6 aromatic rings. The Labute approximate surface area is 254 Å². The van der Waals surface area contributed by atoms with Crippen molar-refractivity contribution in [2.45, 2.75) is 31.8 Å². The van der Waals surface area contributed by atoms with Gasteiger partial charge in [-0.25, -0.2) is 4.98 Å². The van der Waals surface area contributed by atoms with E-state index < -0.39 is 0 Å². The number of rotatable bonds is 8. The Morgan fingerprint density at radius 3 is 1.60 bits per heavy atom. The fraction of sp³-hybridized carbons (Fsp3) is 0.132. The first-order chi connectivity index (χ1) is 20.6. The van der Waals surface area contributed by atoms with Crippen molar-refractivity contribution < 1.29 is 0 Å². The van der Waals surface area contributed by atoms with E-state index in [0.29, 0.717) is 22.2 Å². The lowest BCUT2D eigenvalue weighted by atomic mass is 9.43. The van der Waals surface area contributed by atoms with Crippen LogP contribution in [0.5, 0.6) is 0 Å². The van der Waals surface area contributed by atoms with Crippen LogP contribution < -0.4 is 16.1 Å². The van der Waals surface area contributed by atoms with E-state index in [0.717, 1.165) is 0 Å². The van der Waals surface area contributed by atoms with Crippen LogP contribution in [0, 0.1) is 0 Å². The molecule has 0 aliphatic rings. The normalized spacial score (nSPS) is 11.0. The van der Waals surface area contributed by atoms with Crippen molar-refractivity contribution in [3.05, 3.63) is 181 Å². The number of hydrogen-bond acceptors (Lipinski definition) is 1. The number of hydrogen-bond donors (Lipinski definition) is 0. The van der Waals surface area contributed by atoms with E-state index in [2.05, 4.69) is 182 Å². The molecule has 0 aliphatic carbocycles. The molecule has 42 heavy (non-hydrogen) atoms. The molecule has 206 valence electrons. The summed E-state index contributed by atoms with van der Waals surface area (Å²) < 4.78 is 2.26. The molecule has 0 aliphatic heterocycles. The van der Waals surface area contributed by atoms with E-state index in [-0.39, 0.29) is 5.16 Å². The summed E-state index contributed by atoms with van der Waals surface area (Å²) in [6, 6.07) is 51.8. The molecule has 1 aromatic heterocycles. The molecule has 0 saturated carbocycles. The summed E-state index contributed by atoms with van der Waals surface area (Å²) in [7, 11) is 0.527. The summed E-state index contributed by atoms with van der Waals surface area (Å²) in [5.74, 6) is 0.515. The van der Waals surface area contributed by atoms with Crippen LogP contribution in [0.2, 0.25) is 6.82 Å². The second-order valence-electron chi connectivity index (χ2n) is 10.9. The van der Waals surface area contributed by atoms with Gasteiger partial charge in [0.2, 0.25) is 6.71 Å². The van der Waals surface area contributed by atoms with Gasteiger partial charge in [-0.3, -0.25) is 0 Å². The first kappa shape index (κ1) is 29.1. The number of benzene rings is 5. The van der Waals surface area contributed by atoms with Crippen LogP contribution in [0.15, 0.2) is 164 Å². The maximum absolute atomic E-state index is 4.39. The highest BCUT2D eigenvalue weighted by Gasteiger charge is 2.37. The Morgan fingerprint density at radius 1 is 0.643 bits per heavy atom. The van der Waals surface area contributed by atoms with Crippen LogP contribution in [-0.2, 0) is 5.16 Å². The molecular formula is C38H37BN2Si. The fourth-order valence-corrected chi connectivity index (χ4v) is 7.07. The first-order valence-electron chi connectivity index (χ1n) is 14.7. The zero-order chi connectivity index (χ0) is 29.2. The van der Waals surface area contributed by atoms with Crippen molar-refractivity contribution in [3.8, 4) is 0 Å². The van der Waals surface area contributed by atoms with Gasteiger partial charge in [0.05, 0.1) is 11.5 Å². The minimum Gasteiger partial charge on any atom is -0.326 e. The summed E-state index contributed by atoms with van der Waals surface area (Å²) in [6.07, 6.45) is 5.90. The lowest BCUT2D eigenvalue weighted by Gasteiger charge is -2.36. The Hall–Kier alpha value is -4.41. The van der Waals surface area contributed by atoms with Crippen LogP contribution in [-0.4, -0.2) is 25.8 Å². The quantitative estimate of drug-likeness (QED) is 0.189. The zero-order valence-corrected chi connectivity index (χ0v) is 25.6. The summed E-state index contributed by atoms with van der Waals surface area (Å²) in [4.78, 5) is 4.39. The maximum atomic E-state index is 4.39. The van der Waals surface area contributed by atoms with Crippen LogP contribution in [0.1, 0.15) is 36.5 Å². The van der Waals surface area contributed by atoms with E-state index in [1.165, 1.54) is 32.8 Å². The predicted molar refractivity (Wildman–Crippen MR) is 181 cm³/mol. The highest BCUT2D eigenvalue weighted by Crippen LogP contribution is 2.33. The minimum absolute atomic E-state index is 0.325. The van der Waals surface area contributed by atoms with Crippen molar-refractivity contribution in [1.82, 2.24) is 9.55 Å². The van der Waals surface area contributed by atoms with Crippen LogP contribution in [0.3, 0.4) is 0 Å². The second-order valence-corrected chi connectivity index (χ2v) is 12.4. The lowest BCUT2D eigenvalue weighted by Crippen LogP contribution is -2.46. The molecule has 0 unspecified atom stereocenters. The SMILES string of the molecule is CB(c1ccccc1)c1ccccc1.CC(C)c1cccc([Si]C(c2ccccc2)(c2ccccc2)n2ccnc2)c1. The summed E-state index contributed by atoms with van der Waals surface area (Å²) in [5.41, 5.74) is 6.67. The highest BCUT2D eigenvalue weighted by molar-refractivity contribution is 6.84. The Bertz CT molecular complexity index is 1540. The van der Waals surface area contributed by atoms with Crippen LogP contribution in [0.4, 0.5) is 0 Å². The van der Waals surface area contributed by atoms with Gasteiger partial charge in [0.25, 0.3) is 0 Å². The summed E-state index contributed by atoms with van der Waals surface area (Å²) >= 11 is 0. The molecule has 4 heteroatoms. The van der Waals surface area contributed by atoms with Gasteiger partial charge in [0.1, 0.15) is 9.52 Å². The van der Waals surface area contributed by atoms with E-state index >= 15 is 0 Å². The van der Waals surface area contributed by atoms with Crippen molar-refractivity contribution >= 4 is 32.3 Å². The minimum atomic E-state index is -0.325. The molecule has 2 radical (unpaired) electrons. The molecule has 0 N–H and O–H groups in total. The Balaban J connectivity index is 0.000000211. The molecule has 0 fully saturated rings. The third-order valence-corrected chi connectivity index (χ3v) is 9.55. The van der Waals surface area contributed by atoms with Gasteiger partial charge in [-0.2, -0.15) is 0 Å². The third kappa shape index (κ3) is 6.72. The molecule has 5 aromatic carbocycles. The summed E-state index contributed by atoms with van der Waals surface area (Å²) in [5, 5.41) is 1.03. The molecule has 0 saturated heterocycles. The third-order valence-electron chi connectivity index (χ3n) is 7.75. The standard InChI is InChI=1S/C25H24N2Si.C13H13B/c1-20(2)21-10-9-15-24(18-21)28-25(27-17-16-26-19-27,22-11-5-3-6-12-22)23-13-7-4-8-14-23;1-14(12-8-4-2-5-9-12)13-10-6-3-7-11-13/h3-20H,1-2H3;2-11H,1H3. The van der Waals surface area contributed by atoms with Crippen LogP contribution >= 0.6 is 0 Å². The van der Waals surface area contributed by atoms with Crippen molar-refractivity contribution in [2.75, 3.05) is 0 Å². The molecule has 1 heterocycles. The van der Waals surface area contributed by atoms with Gasteiger partial charge in [-0.1, -0.05) is 182 Å². The van der Waals surface area contributed by atoms with Crippen molar-refractivity contribution in [3.63, 3.8) is 0 Å². The zero-order valence-electron chi connectivity index (χ0n) is 24.6. The van der Waals surface area contributed by atoms with Crippen molar-refractivity contribution in [2.24, 2.45) is 0 Å². The topological polar surface area (TPSA) is 17.8 Å². The average molecular weight is 561 g/mol. The van der Waals surface area contributed by atoms with E-state index in [1.807, 2.05) is 12.5 Å². The summed E-state index contributed by atoms with van der Waals surface area (Å²) in [6.45, 7) is 7.22. The number of imidazole rings is 1. The predicted octanol–water partition coefficient (Wildman–Crippen LogP) is 6.71. The van der Waals surface area contributed by atoms with Gasteiger partial charge >= 0.3 is 0 Å². The fourth-order valence-electron chi connectivity index (χ4n) is 5.35. The smallest absolute Gasteiger partial charge is 0.206 e. The number of aromatic nitrogens is 2. The maximum Gasteiger partial charge on any atom is 0.206 e. The largest absolute Gasteiger partial charge is 0.326 e. The molecule has 0 spiro atoms. The van der Waals surface area contributed by atoms with Gasteiger partial charge in [0, 0.05) is 12.4 Å². The Morgan fingerprint density at radius 2 is 1.14 bits per heavy atom. The molecule has 0 atom stereocenters. The van der Waals surface area contributed by atoms with Crippen molar-refractivity contribution in [1.29, 1.82) is 0 Å².